The Morgan fingerprint density at radius 2 is 2.17 bits per heavy atom. The number of rotatable bonds is 7. The molecule has 0 unspecified atom stereocenters. The molecule has 0 saturated carbocycles. The molecule has 0 amide bonds. The quantitative estimate of drug-likeness (QED) is 0.802. The minimum atomic E-state index is -2.46. The van der Waals surface area contributed by atoms with E-state index in [1.807, 2.05) is 0 Å². The second kappa shape index (κ2) is 7.51. The number of anilines is 1. The first-order chi connectivity index (χ1) is 8.58. The first-order valence-corrected chi connectivity index (χ1v) is 6.03. The summed E-state index contributed by atoms with van der Waals surface area (Å²) in [6.45, 7) is 0.106. The summed E-state index contributed by atoms with van der Waals surface area (Å²) in [5.41, 5.74) is 1.50. The normalized spacial score (nSPS) is 11.0. The Labute approximate surface area is 110 Å². The molecule has 102 valence electrons. The van der Waals surface area contributed by atoms with Crippen LogP contribution in [0.4, 0.5) is 14.5 Å². The van der Waals surface area contributed by atoms with Crippen LogP contribution in [0.1, 0.15) is 5.56 Å². The van der Waals surface area contributed by atoms with Crippen LogP contribution in [0.2, 0.25) is 5.02 Å². The third kappa shape index (κ3) is 4.40. The molecule has 6 heteroatoms. The highest BCUT2D eigenvalue weighted by Crippen LogP contribution is 2.25. The van der Waals surface area contributed by atoms with Crippen molar-refractivity contribution in [1.29, 1.82) is 0 Å². The van der Waals surface area contributed by atoms with Crippen molar-refractivity contribution in [2.75, 3.05) is 31.6 Å². The van der Waals surface area contributed by atoms with Gasteiger partial charge in [0.1, 0.15) is 0 Å². The average molecular weight is 279 g/mol. The summed E-state index contributed by atoms with van der Waals surface area (Å²) in [6, 6.07) is 5.16. The van der Waals surface area contributed by atoms with Crippen LogP contribution in [0.5, 0.6) is 0 Å². The van der Waals surface area contributed by atoms with E-state index in [0.717, 1.165) is 5.56 Å². The number of hydrogen-bond acceptors (Lipinski definition) is 3. The zero-order chi connectivity index (χ0) is 13.5. The van der Waals surface area contributed by atoms with Crippen molar-refractivity contribution in [3.05, 3.63) is 28.8 Å². The minimum absolute atomic E-state index is 0.154. The van der Waals surface area contributed by atoms with Crippen LogP contribution in [0.25, 0.3) is 0 Å². The lowest BCUT2D eigenvalue weighted by atomic mass is 10.1. The standard InChI is InChI=1S/C12H17ClF2N2O/c1-16-7-9-2-3-10(13)6-11(9)17(4-5-18)8-12(14)15/h2-3,6,12,16,18H,4-5,7-8H2,1H3. The fourth-order valence-electron chi connectivity index (χ4n) is 1.77. The van der Waals surface area contributed by atoms with Crippen LogP contribution in [0, 0.1) is 0 Å². The number of benzene rings is 1. The second-order valence-electron chi connectivity index (χ2n) is 3.86. The van der Waals surface area contributed by atoms with Gasteiger partial charge in [-0.1, -0.05) is 17.7 Å². The summed E-state index contributed by atoms with van der Waals surface area (Å²) in [5, 5.41) is 12.4. The van der Waals surface area contributed by atoms with Gasteiger partial charge in [0.2, 0.25) is 0 Å². The van der Waals surface area contributed by atoms with E-state index in [0.29, 0.717) is 17.3 Å². The Morgan fingerprint density at radius 3 is 2.72 bits per heavy atom. The molecule has 0 aliphatic rings. The molecule has 1 aromatic carbocycles. The van der Waals surface area contributed by atoms with Gasteiger partial charge < -0.3 is 15.3 Å². The lowest BCUT2D eigenvalue weighted by Crippen LogP contribution is -2.32. The minimum Gasteiger partial charge on any atom is -0.395 e. The monoisotopic (exact) mass is 278 g/mol. The molecule has 2 N–H and O–H groups in total. The van der Waals surface area contributed by atoms with Crippen molar-refractivity contribution < 1.29 is 13.9 Å². The van der Waals surface area contributed by atoms with Gasteiger partial charge >= 0.3 is 0 Å². The van der Waals surface area contributed by atoms with Gasteiger partial charge in [0.15, 0.2) is 0 Å². The van der Waals surface area contributed by atoms with Crippen molar-refractivity contribution in [3.63, 3.8) is 0 Å². The van der Waals surface area contributed by atoms with E-state index in [1.165, 1.54) is 4.90 Å². The molecule has 0 saturated heterocycles. The molecule has 18 heavy (non-hydrogen) atoms. The molecular weight excluding hydrogens is 262 g/mol. The van der Waals surface area contributed by atoms with Crippen LogP contribution < -0.4 is 10.2 Å². The molecule has 0 bridgehead atoms. The molecule has 1 rings (SSSR count). The van der Waals surface area contributed by atoms with Gasteiger partial charge in [0.25, 0.3) is 6.43 Å². The van der Waals surface area contributed by atoms with E-state index >= 15 is 0 Å². The maximum atomic E-state index is 12.5. The molecule has 0 heterocycles. The van der Waals surface area contributed by atoms with Crippen molar-refractivity contribution in [1.82, 2.24) is 5.32 Å². The summed E-state index contributed by atoms with van der Waals surface area (Å²) < 4.78 is 25.1. The summed E-state index contributed by atoms with van der Waals surface area (Å²) >= 11 is 5.90. The lowest BCUT2D eigenvalue weighted by Gasteiger charge is -2.26. The first kappa shape index (κ1) is 15.1. The Morgan fingerprint density at radius 1 is 1.44 bits per heavy atom. The molecule has 0 radical (unpaired) electrons. The van der Waals surface area contributed by atoms with Gasteiger partial charge in [-0.15, -0.1) is 0 Å². The maximum Gasteiger partial charge on any atom is 0.255 e. The van der Waals surface area contributed by atoms with E-state index in [2.05, 4.69) is 5.32 Å². The Hall–Kier alpha value is -0.910. The third-order valence-electron chi connectivity index (χ3n) is 2.48. The fraction of sp³-hybridized carbons (Fsp3) is 0.500. The number of alkyl halides is 2. The molecule has 0 aromatic heterocycles. The zero-order valence-corrected chi connectivity index (χ0v) is 10.9. The van der Waals surface area contributed by atoms with Crippen molar-refractivity contribution in [2.24, 2.45) is 0 Å². The fourth-order valence-corrected chi connectivity index (χ4v) is 1.94. The number of nitrogens with zero attached hydrogens (tertiary/aromatic N) is 1. The third-order valence-corrected chi connectivity index (χ3v) is 2.72. The van der Waals surface area contributed by atoms with Crippen LogP contribution in [0.15, 0.2) is 18.2 Å². The van der Waals surface area contributed by atoms with Crippen LogP contribution in [0.3, 0.4) is 0 Å². The van der Waals surface area contributed by atoms with Crippen molar-refractivity contribution >= 4 is 17.3 Å². The Bertz CT molecular complexity index is 377. The smallest absolute Gasteiger partial charge is 0.255 e. The van der Waals surface area contributed by atoms with E-state index in [4.69, 9.17) is 16.7 Å². The zero-order valence-electron chi connectivity index (χ0n) is 10.2. The average Bonchev–Trinajstić information content (AvgIpc) is 2.30. The molecule has 0 aliphatic carbocycles. The highest BCUT2D eigenvalue weighted by molar-refractivity contribution is 6.30. The Kier molecular flexibility index (Phi) is 6.32. The molecule has 0 aliphatic heterocycles. The van der Waals surface area contributed by atoms with Gasteiger partial charge in [-0.2, -0.15) is 0 Å². The van der Waals surface area contributed by atoms with Crippen molar-refractivity contribution in [2.45, 2.75) is 13.0 Å². The van der Waals surface area contributed by atoms with Gasteiger partial charge in [0, 0.05) is 23.8 Å². The van der Waals surface area contributed by atoms with Gasteiger partial charge in [-0.3, -0.25) is 0 Å². The van der Waals surface area contributed by atoms with Gasteiger partial charge in [-0.05, 0) is 24.7 Å². The van der Waals surface area contributed by atoms with Gasteiger partial charge in [-0.25, -0.2) is 8.78 Å². The summed E-state index contributed by atoms with van der Waals surface area (Å²) in [4.78, 5) is 1.45. The topological polar surface area (TPSA) is 35.5 Å². The molecule has 0 fully saturated rings. The molecular formula is C12H17ClF2N2O. The predicted molar refractivity (Wildman–Crippen MR) is 69.5 cm³/mol. The van der Waals surface area contributed by atoms with E-state index in [9.17, 15) is 8.78 Å². The van der Waals surface area contributed by atoms with Crippen molar-refractivity contribution in [3.8, 4) is 0 Å². The summed E-state index contributed by atoms with van der Waals surface area (Å²) in [5.74, 6) is 0. The Balaban J connectivity index is 3.03. The predicted octanol–water partition coefficient (Wildman–Crippen LogP) is 2.12. The maximum absolute atomic E-state index is 12.5. The summed E-state index contributed by atoms with van der Waals surface area (Å²) in [7, 11) is 1.78. The number of nitrogens with one attached hydrogen (secondary N) is 1. The number of halogens is 3. The van der Waals surface area contributed by atoms with Crippen LogP contribution in [-0.4, -0.2) is 38.3 Å². The highest BCUT2D eigenvalue weighted by Gasteiger charge is 2.15. The van der Waals surface area contributed by atoms with Gasteiger partial charge in [0.05, 0.1) is 13.2 Å². The number of aliphatic hydroxyl groups excluding tert-OH is 1. The SMILES string of the molecule is CNCc1ccc(Cl)cc1N(CCO)CC(F)F. The lowest BCUT2D eigenvalue weighted by molar-refractivity contribution is 0.152. The first-order valence-electron chi connectivity index (χ1n) is 5.65. The van der Waals surface area contributed by atoms with E-state index < -0.39 is 13.0 Å². The molecule has 1 aromatic rings. The number of aliphatic hydroxyl groups is 1. The molecule has 0 spiro atoms. The molecule has 3 nitrogen and oxygen atoms in total. The molecule has 0 atom stereocenters. The van der Waals surface area contributed by atoms with E-state index in [1.54, 1.807) is 25.2 Å². The summed E-state index contributed by atoms with van der Waals surface area (Å²) in [6.07, 6.45) is -2.46. The second-order valence-corrected chi connectivity index (χ2v) is 4.30. The van der Waals surface area contributed by atoms with Crippen LogP contribution >= 0.6 is 11.6 Å². The van der Waals surface area contributed by atoms with E-state index in [-0.39, 0.29) is 13.2 Å². The van der Waals surface area contributed by atoms with Crippen LogP contribution in [-0.2, 0) is 6.54 Å². The number of hydrogen-bond donors (Lipinski definition) is 2. The largest absolute Gasteiger partial charge is 0.395 e. The highest BCUT2D eigenvalue weighted by atomic mass is 35.5.